The van der Waals surface area contributed by atoms with Gasteiger partial charge in [0.15, 0.2) is 5.78 Å². The summed E-state index contributed by atoms with van der Waals surface area (Å²) in [6.07, 6.45) is 2.07. The molecule has 0 aliphatic carbocycles. The summed E-state index contributed by atoms with van der Waals surface area (Å²) in [7, 11) is 0. The third-order valence-corrected chi connectivity index (χ3v) is 2.44. The van der Waals surface area contributed by atoms with Crippen molar-refractivity contribution in [3.63, 3.8) is 0 Å². The lowest BCUT2D eigenvalue weighted by Crippen LogP contribution is -2.18. The summed E-state index contributed by atoms with van der Waals surface area (Å²) >= 11 is 5.44. The third-order valence-electron chi connectivity index (χ3n) is 2.19. The zero-order valence-electron chi connectivity index (χ0n) is 7.30. The number of alkyl halides is 1. The molecule has 0 aromatic carbocycles. The summed E-state index contributed by atoms with van der Waals surface area (Å²) in [5.74, 6) is -0.652. The Bertz CT molecular complexity index is 397. The lowest BCUT2D eigenvalue weighted by Gasteiger charge is -2.12. The molecule has 0 saturated heterocycles. The third kappa shape index (κ3) is 1.32. The molecule has 0 unspecified atom stereocenters. The van der Waals surface area contributed by atoms with E-state index in [2.05, 4.69) is 4.98 Å². The Morgan fingerprint density at radius 1 is 1.64 bits per heavy atom. The summed E-state index contributed by atoms with van der Waals surface area (Å²) in [6, 6.07) is 0. The molecule has 14 heavy (non-hydrogen) atoms. The van der Waals surface area contributed by atoms with Crippen LogP contribution >= 0.6 is 11.6 Å². The van der Waals surface area contributed by atoms with Crippen molar-refractivity contribution >= 4 is 23.4 Å². The van der Waals surface area contributed by atoms with E-state index >= 15 is 0 Å². The maximum Gasteiger partial charge on any atom is 0.339 e. The van der Waals surface area contributed by atoms with Crippen molar-refractivity contribution in [1.82, 2.24) is 4.98 Å². The molecule has 0 saturated carbocycles. The van der Waals surface area contributed by atoms with Crippen LogP contribution in [-0.4, -0.2) is 29.2 Å². The highest BCUT2D eigenvalue weighted by Gasteiger charge is 2.25. The Morgan fingerprint density at radius 2 is 2.43 bits per heavy atom. The van der Waals surface area contributed by atoms with E-state index in [-0.39, 0.29) is 17.6 Å². The van der Waals surface area contributed by atoms with Crippen LogP contribution in [0.1, 0.15) is 26.4 Å². The van der Waals surface area contributed by atoms with E-state index < -0.39 is 0 Å². The molecule has 0 radical (unpaired) electrons. The number of H-pyrrole nitrogens is 1. The molecular weight excluding hydrogens is 206 g/mol. The number of aromatic amines is 1. The first kappa shape index (κ1) is 9.27. The standard InChI is InChI=1S/C9H8ClNO3/c10-3-7(12)8-5-1-2-14-9(13)6(5)4-11-8/h4,11H,1-3H2. The molecule has 0 atom stereocenters. The summed E-state index contributed by atoms with van der Waals surface area (Å²) in [6.45, 7) is 0.326. The quantitative estimate of drug-likeness (QED) is 0.456. The minimum Gasteiger partial charge on any atom is -0.462 e. The van der Waals surface area contributed by atoms with Gasteiger partial charge in [-0.05, 0) is 5.56 Å². The molecule has 4 nitrogen and oxygen atoms in total. The van der Waals surface area contributed by atoms with Gasteiger partial charge in [0.05, 0.1) is 23.7 Å². The molecule has 1 N–H and O–H groups in total. The predicted molar refractivity (Wildman–Crippen MR) is 49.8 cm³/mol. The number of aromatic nitrogens is 1. The van der Waals surface area contributed by atoms with Gasteiger partial charge in [-0.3, -0.25) is 4.79 Å². The minimum absolute atomic E-state index is 0.0813. The Labute approximate surface area is 85.2 Å². The summed E-state index contributed by atoms with van der Waals surface area (Å²) in [5.41, 5.74) is 1.61. The number of carbonyl (C=O) groups excluding carboxylic acids is 2. The highest BCUT2D eigenvalue weighted by atomic mass is 35.5. The van der Waals surface area contributed by atoms with E-state index in [9.17, 15) is 9.59 Å². The number of rotatable bonds is 2. The fourth-order valence-corrected chi connectivity index (χ4v) is 1.67. The van der Waals surface area contributed by atoms with E-state index in [1.54, 1.807) is 0 Å². The van der Waals surface area contributed by atoms with Crippen LogP contribution in [0.2, 0.25) is 0 Å². The molecule has 1 aliphatic rings. The van der Waals surface area contributed by atoms with Crippen molar-refractivity contribution in [1.29, 1.82) is 0 Å². The van der Waals surface area contributed by atoms with Crippen molar-refractivity contribution in [2.75, 3.05) is 12.5 Å². The number of hydrogen-bond donors (Lipinski definition) is 1. The van der Waals surface area contributed by atoms with Gasteiger partial charge in [0.1, 0.15) is 0 Å². The van der Waals surface area contributed by atoms with Crippen LogP contribution in [0.5, 0.6) is 0 Å². The number of fused-ring (bicyclic) bond motifs is 1. The van der Waals surface area contributed by atoms with Gasteiger partial charge in [-0.2, -0.15) is 0 Å². The molecule has 0 bridgehead atoms. The number of halogens is 1. The average molecular weight is 214 g/mol. The highest BCUT2D eigenvalue weighted by Crippen LogP contribution is 2.20. The zero-order valence-corrected chi connectivity index (χ0v) is 8.06. The van der Waals surface area contributed by atoms with Crippen LogP contribution in [0.15, 0.2) is 6.20 Å². The molecule has 1 aromatic rings. The summed E-state index contributed by atoms with van der Waals surface area (Å²) in [5, 5.41) is 0. The Morgan fingerprint density at radius 3 is 3.14 bits per heavy atom. The number of nitrogens with one attached hydrogen (secondary N) is 1. The fourth-order valence-electron chi connectivity index (χ4n) is 1.53. The molecule has 1 aromatic heterocycles. The van der Waals surface area contributed by atoms with Gasteiger partial charge in [0.25, 0.3) is 0 Å². The Kier molecular flexibility index (Phi) is 2.29. The monoisotopic (exact) mass is 213 g/mol. The largest absolute Gasteiger partial charge is 0.462 e. The number of carbonyl (C=O) groups is 2. The van der Waals surface area contributed by atoms with Gasteiger partial charge in [-0.25, -0.2) is 4.79 Å². The van der Waals surface area contributed by atoms with Gasteiger partial charge < -0.3 is 9.72 Å². The predicted octanol–water partition coefficient (Wildman–Crippen LogP) is 1.15. The van der Waals surface area contributed by atoms with E-state index in [0.29, 0.717) is 24.3 Å². The van der Waals surface area contributed by atoms with E-state index in [4.69, 9.17) is 16.3 Å². The smallest absolute Gasteiger partial charge is 0.339 e. The highest BCUT2D eigenvalue weighted by molar-refractivity contribution is 6.30. The average Bonchev–Trinajstić information content (AvgIpc) is 2.62. The van der Waals surface area contributed by atoms with Crippen LogP contribution < -0.4 is 0 Å². The van der Waals surface area contributed by atoms with E-state index in [1.165, 1.54) is 6.20 Å². The number of ether oxygens (including phenoxy) is 1. The number of hydrogen-bond acceptors (Lipinski definition) is 3. The van der Waals surface area contributed by atoms with Gasteiger partial charge >= 0.3 is 5.97 Å². The molecule has 0 spiro atoms. The maximum absolute atomic E-state index is 11.3. The fraction of sp³-hybridized carbons (Fsp3) is 0.333. The number of ketones is 1. The second-order valence-corrected chi connectivity index (χ2v) is 3.27. The molecule has 74 valence electrons. The van der Waals surface area contributed by atoms with Gasteiger partial charge in [-0.15, -0.1) is 11.6 Å². The first-order valence-corrected chi connectivity index (χ1v) is 4.74. The van der Waals surface area contributed by atoms with Crippen molar-refractivity contribution in [2.45, 2.75) is 6.42 Å². The minimum atomic E-state index is -0.379. The number of cyclic esters (lactones) is 1. The van der Waals surface area contributed by atoms with Crippen LogP contribution in [0.25, 0.3) is 0 Å². The van der Waals surface area contributed by atoms with Crippen molar-refractivity contribution < 1.29 is 14.3 Å². The molecular formula is C9H8ClNO3. The molecule has 1 aliphatic heterocycles. The van der Waals surface area contributed by atoms with Crippen LogP contribution in [0, 0.1) is 0 Å². The van der Waals surface area contributed by atoms with Gasteiger partial charge in [0.2, 0.25) is 0 Å². The SMILES string of the molecule is O=C1OCCc2c1c[nH]c2C(=O)CCl. The summed E-state index contributed by atoms with van der Waals surface area (Å²) < 4.78 is 4.83. The molecule has 5 heteroatoms. The first-order valence-electron chi connectivity index (χ1n) is 4.20. The van der Waals surface area contributed by atoms with E-state index in [1.807, 2.05) is 0 Å². The lowest BCUT2D eigenvalue weighted by atomic mass is 10.0. The van der Waals surface area contributed by atoms with Crippen molar-refractivity contribution in [2.24, 2.45) is 0 Å². The zero-order chi connectivity index (χ0) is 10.1. The summed E-state index contributed by atoms with van der Waals surface area (Å²) in [4.78, 5) is 25.3. The second kappa shape index (κ2) is 3.46. The topological polar surface area (TPSA) is 59.2 Å². The first-order chi connectivity index (χ1) is 6.74. The molecule has 0 amide bonds. The normalized spacial score (nSPS) is 14.8. The van der Waals surface area contributed by atoms with E-state index in [0.717, 1.165) is 5.56 Å². The van der Waals surface area contributed by atoms with Gasteiger partial charge in [-0.1, -0.05) is 0 Å². The number of esters is 1. The van der Waals surface area contributed by atoms with Crippen molar-refractivity contribution in [3.05, 3.63) is 23.0 Å². The lowest BCUT2D eigenvalue weighted by molar-refractivity contribution is 0.0481. The molecule has 0 fully saturated rings. The van der Waals surface area contributed by atoms with Crippen LogP contribution in [0.3, 0.4) is 0 Å². The second-order valence-electron chi connectivity index (χ2n) is 3.00. The maximum atomic E-state index is 11.3. The Hall–Kier alpha value is -1.29. The van der Waals surface area contributed by atoms with Crippen LogP contribution in [-0.2, 0) is 11.2 Å². The number of Topliss-reactive ketones (excluding diaryl/α,β-unsaturated/α-hetero) is 1. The molecule has 2 heterocycles. The Balaban J connectivity index is 2.45. The van der Waals surface area contributed by atoms with Crippen molar-refractivity contribution in [3.8, 4) is 0 Å². The molecule has 2 rings (SSSR count). The van der Waals surface area contributed by atoms with Crippen LogP contribution in [0.4, 0.5) is 0 Å². The van der Waals surface area contributed by atoms with Gasteiger partial charge in [0, 0.05) is 12.6 Å².